The fraction of sp³-hybridized carbons (Fsp3) is 0.429. The van der Waals surface area contributed by atoms with Gasteiger partial charge in [-0.1, -0.05) is 0 Å². The second-order valence-corrected chi connectivity index (χ2v) is 2.19. The van der Waals surface area contributed by atoms with Gasteiger partial charge in [0.15, 0.2) is 5.70 Å². The van der Waals surface area contributed by atoms with Gasteiger partial charge in [-0.3, -0.25) is 4.85 Å². The van der Waals surface area contributed by atoms with Crippen LogP contribution in [0.4, 0.5) is 0 Å². The summed E-state index contributed by atoms with van der Waals surface area (Å²) in [5, 5.41) is 0. The van der Waals surface area contributed by atoms with E-state index in [0.29, 0.717) is 0 Å². The molecule has 1 aliphatic heterocycles. The molecule has 1 unspecified atom stereocenters. The Morgan fingerprint density at radius 2 is 2.44 bits per heavy atom. The van der Waals surface area contributed by atoms with Gasteiger partial charge < -0.3 is 0 Å². The number of rotatable bonds is 0. The summed E-state index contributed by atoms with van der Waals surface area (Å²) in [6.07, 6.45) is 3.86. The maximum Gasteiger partial charge on any atom is 0.322 e. The van der Waals surface area contributed by atoms with Crippen LogP contribution in [0.3, 0.4) is 0 Å². The third-order valence-electron chi connectivity index (χ3n) is 1.49. The Bertz CT molecular complexity index is 200. The monoisotopic (exact) mass is 121 g/mol. The van der Waals surface area contributed by atoms with Crippen molar-refractivity contribution in [2.75, 3.05) is 7.05 Å². The van der Waals surface area contributed by atoms with Crippen LogP contribution >= 0.6 is 0 Å². The fourth-order valence-corrected chi connectivity index (χ4v) is 0.825. The van der Waals surface area contributed by atoms with Crippen molar-refractivity contribution in [3.8, 4) is 0 Å². The van der Waals surface area contributed by atoms with Crippen molar-refractivity contribution in [1.29, 1.82) is 0 Å². The maximum absolute atomic E-state index is 6.70. The molecule has 2 heteroatoms. The van der Waals surface area contributed by atoms with Crippen molar-refractivity contribution in [3.05, 3.63) is 23.2 Å². The highest BCUT2D eigenvalue weighted by atomic mass is 15.0. The Morgan fingerprint density at radius 1 is 1.78 bits per heavy atom. The normalized spacial score (nSPS) is 24.8. The summed E-state index contributed by atoms with van der Waals surface area (Å²) in [4.78, 5) is 3.36. The van der Waals surface area contributed by atoms with Crippen LogP contribution in [-0.4, -0.2) is 23.9 Å². The van der Waals surface area contributed by atoms with E-state index in [1.54, 1.807) is 0 Å². The van der Waals surface area contributed by atoms with E-state index in [9.17, 15) is 0 Å². The summed E-state index contributed by atoms with van der Waals surface area (Å²) in [7, 11) is 1.96. The van der Waals surface area contributed by atoms with Gasteiger partial charge in [0.25, 0.3) is 0 Å². The lowest BCUT2D eigenvalue weighted by molar-refractivity contribution is -0.435. The van der Waals surface area contributed by atoms with Gasteiger partial charge in [0.1, 0.15) is 7.05 Å². The molecule has 0 bridgehead atoms. The number of hydrogen-bond acceptors (Lipinski definition) is 0. The molecule has 0 aromatic rings. The third-order valence-corrected chi connectivity index (χ3v) is 1.49. The average Bonchev–Trinajstić information content (AvgIpc) is 2.13. The van der Waals surface area contributed by atoms with Crippen LogP contribution in [0.1, 0.15) is 6.92 Å². The molecule has 0 saturated carbocycles. The minimum atomic E-state index is -0.0185. The topological polar surface area (TPSA) is 7.37 Å². The summed E-state index contributed by atoms with van der Waals surface area (Å²) in [5.41, 5.74) is 1.16. The second kappa shape index (κ2) is 2.02. The molecule has 1 aliphatic rings. The van der Waals surface area contributed by atoms with Crippen LogP contribution < -0.4 is 0 Å². The van der Waals surface area contributed by atoms with Crippen molar-refractivity contribution in [2.45, 2.75) is 13.0 Å². The molecule has 0 aliphatic carbocycles. The van der Waals surface area contributed by atoms with Crippen molar-refractivity contribution < 1.29 is 4.58 Å². The first-order chi connectivity index (χ1) is 4.24. The summed E-state index contributed by atoms with van der Waals surface area (Å²) in [5.74, 6) is 0. The Morgan fingerprint density at radius 3 is 2.67 bits per heavy atom. The minimum absolute atomic E-state index is 0.0185. The largest absolute Gasteiger partial charge is 0.322 e. The van der Waals surface area contributed by atoms with Gasteiger partial charge in [0.2, 0.25) is 6.21 Å². The van der Waals surface area contributed by atoms with Crippen LogP contribution in [0.5, 0.6) is 0 Å². The van der Waals surface area contributed by atoms with E-state index in [1.165, 1.54) is 0 Å². The molecule has 1 rings (SSSR count). The quantitative estimate of drug-likeness (QED) is 0.332. The second-order valence-electron chi connectivity index (χ2n) is 2.19. The maximum atomic E-state index is 6.70. The standard InChI is InChI=1S/C7H9N2/c1-6-4-7(8-2)5-9(6)3/h4-5,7H,1,3H3/q+1. The molecule has 2 nitrogen and oxygen atoms in total. The van der Waals surface area contributed by atoms with Crippen molar-refractivity contribution in [3.63, 3.8) is 0 Å². The molecule has 9 heavy (non-hydrogen) atoms. The predicted molar refractivity (Wildman–Crippen MR) is 36.4 cm³/mol. The van der Waals surface area contributed by atoms with Crippen LogP contribution in [0.15, 0.2) is 11.8 Å². The Balaban J connectivity index is 2.86. The smallest absolute Gasteiger partial charge is 0.298 e. The molecule has 0 amide bonds. The van der Waals surface area contributed by atoms with Gasteiger partial charge in [-0.15, -0.1) is 0 Å². The number of hydrogen-bond donors (Lipinski definition) is 0. The lowest BCUT2D eigenvalue weighted by Crippen LogP contribution is -2.01. The van der Waals surface area contributed by atoms with Gasteiger partial charge in [-0.25, -0.2) is 11.1 Å². The summed E-state index contributed by atoms with van der Waals surface area (Å²) in [6.45, 7) is 8.70. The highest BCUT2D eigenvalue weighted by Crippen LogP contribution is 2.04. The van der Waals surface area contributed by atoms with Crippen LogP contribution in [0, 0.1) is 6.57 Å². The van der Waals surface area contributed by atoms with E-state index in [2.05, 4.69) is 4.85 Å². The molecule has 0 spiro atoms. The predicted octanol–water partition coefficient (Wildman–Crippen LogP) is 0.905. The molecule has 1 heterocycles. The Labute approximate surface area is 54.9 Å². The van der Waals surface area contributed by atoms with Gasteiger partial charge in [0.05, 0.1) is 6.08 Å². The first-order valence-corrected chi connectivity index (χ1v) is 2.87. The van der Waals surface area contributed by atoms with E-state index in [4.69, 9.17) is 6.57 Å². The molecule has 0 saturated heterocycles. The molecule has 0 aromatic carbocycles. The molecule has 1 atom stereocenters. The molecule has 46 valence electrons. The summed E-state index contributed by atoms with van der Waals surface area (Å²) >= 11 is 0. The molecular formula is C7H9N2+. The van der Waals surface area contributed by atoms with Crippen molar-refractivity contribution in [2.24, 2.45) is 0 Å². The molecule has 0 fully saturated rings. The van der Waals surface area contributed by atoms with Gasteiger partial charge in [-0.2, -0.15) is 0 Å². The zero-order valence-corrected chi connectivity index (χ0v) is 5.63. The molecular weight excluding hydrogens is 112 g/mol. The van der Waals surface area contributed by atoms with E-state index in [1.807, 2.05) is 30.8 Å². The molecule has 0 radical (unpaired) electrons. The zero-order valence-electron chi connectivity index (χ0n) is 5.63. The highest BCUT2D eigenvalue weighted by Gasteiger charge is 2.21. The van der Waals surface area contributed by atoms with Gasteiger partial charge in [-0.05, 0) is 0 Å². The van der Waals surface area contributed by atoms with Crippen molar-refractivity contribution >= 4 is 6.21 Å². The first-order valence-electron chi connectivity index (χ1n) is 2.87. The lowest BCUT2D eigenvalue weighted by atomic mass is 10.3. The number of allylic oxidation sites excluding steroid dienone is 1. The van der Waals surface area contributed by atoms with E-state index >= 15 is 0 Å². The Hall–Kier alpha value is -1.10. The van der Waals surface area contributed by atoms with E-state index in [0.717, 1.165) is 5.70 Å². The zero-order chi connectivity index (χ0) is 6.85. The van der Waals surface area contributed by atoms with Crippen LogP contribution in [0.2, 0.25) is 0 Å². The first kappa shape index (κ1) is 6.03. The summed E-state index contributed by atoms with van der Waals surface area (Å²) in [6, 6.07) is -0.0185. The fourth-order valence-electron chi connectivity index (χ4n) is 0.825. The van der Waals surface area contributed by atoms with E-state index < -0.39 is 0 Å². The molecule has 0 N–H and O–H groups in total. The van der Waals surface area contributed by atoms with Crippen LogP contribution in [0.25, 0.3) is 4.85 Å². The SMILES string of the molecule is [C-]#[N+]C1C=C(C)[N+](C)=C1. The van der Waals surface area contributed by atoms with Crippen LogP contribution in [-0.2, 0) is 0 Å². The average molecular weight is 121 g/mol. The van der Waals surface area contributed by atoms with E-state index in [-0.39, 0.29) is 6.04 Å². The summed E-state index contributed by atoms with van der Waals surface area (Å²) < 4.78 is 1.97. The van der Waals surface area contributed by atoms with Gasteiger partial charge >= 0.3 is 6.04 Å². The Kier molecular flexibility index (Phi) is 1.35. The van der Waals surface area contributed by atoms with Gasteiger partial charge in [0, 0.05) is 6.92 Å². The third kappa shape index (κ3) is 0.996. The molecule has 0 aromatic heterocycles. The van der Waals surface area contributed by atoms with Crippen molar-refractivity contribution in [1.82, 2.24) is 0 Å². The lowest BCUT2D eigenvalue weighted by Gasteiger charge is -1.81. The number of nitrogens with zero attached hydrogens (tertiary/aromatic N) is 2. The highest BCUT2D eigenvalue weighted by molar-refractivity contribution is 5.67. The minimum Gasteiger partial charge on any atom is -0.298 e.